The molecule has 4 fully saturated rings. The van der Waals surface area contributed by atoms with Crippen LogP contribution in [0.4, 0.5) is 13.2 Å². The number of hydrogen-bond acceptors (Lipinski definition) is 0. The van der Waals surface area contributed by atoms with Gasteiger partial charge in [-0.2, -0.15) is 13.2 Å². The van der Waals surface area contributed by atoms with Crippen LogP contribution in [0.2, 0.25) is 0 Å². The van der Waals surface area contributed by atoms with Crippen LogP contribution < -0.4 is 0 Å². The molecule has 0 heterocycles. The third-order valence-electron chi connectivity index (χ3n) is 7.36. The van der Waals surface area contributed by atoms with Gasteiger partial charge in [0, 0.05) is 5.41 Å². The van der Waals surface area contributed by atoms with Crippen LogP contribution in [0.1, 0.15) is 64.0 Å². The third-order valence-corrected chi connectivity index (χ3v) is 7.36. The molecule has 1 aromatic carbocycles. The average molecular weight is 336 g/mol. The second kappa shape index (κ2) is 5.02. The lowest BCUT2D eigenvalue weighted by Gasteiger charge is -2.66. The van der Waals surface area contributed by atoms with Crippen molar-refractivity contribution in [1.29, 1.82) is 0 Å². The third kappa shape index (κ3) is 2.19. The Labute approximate surface area is 142 Å². The van der Waals surface area contributed by atoms with Crippen LogP contribution in [-0.4, -0.2) is 0 Å². The molecule has 0 unspecified atom stereocenters. The Balaban J connectivity index is 1.81. The number of rotatable bonds is 1. The fourth-order valence-electron chi connectivity index (χ4n) is 6.99. The van der Waals surface area contributed by atoms with E-state index in [-0.39, 0.29) is 10.8 Å². The summed E-state index contributed by atoms with van der Waals surface area (Å²) in [6.07, 6.45) is 2.21. The summed E-state index contributed by atoms with van der Waals surface area (Å²) in [4.78, 5) is 0. The van der Waals surface area contributed by atoms with Gasteiger partial charge in [-0.25, -0.2) is 0 Å². The summed E-state index contributed by atoms with van der Waals surface area (Å²) in [6, 6.07) is 6.18. The second-order valence-corrected chi connectivity index (χ2v) is 9.50. The van der Waals surface area contributed by atoms with Crippen LogP contribution in [-0.2, 0) is 11.6 Å². The maximum absolute atomic E-state index is 13.0. The van der Waals surface area contributed by atoms with Gasteiger partial charge in [-0.05, 0) is 78.9 Å². The van der Waals surface area contributed by atoms with Gasteiger partial charge in [0.2, 0.25) is 0 Å². The molecule has 0 amide bonds. The summed E-state index contributed by atoms with van der Waals surface area (Å²) in [5.41, 5.74) is 0.718. The van der Waals surface area contributed by atoms with Crippen LogP contribution >= 0.6 is 0 Å². The van der Waals surface area contributed by atoms with Gasteiger partial charge in [-0.3, -0.25) is 0 Å². The van der Waals surface area contributed by atoms with E-state index in [0.717, 1.165) is 17.4 Å². The van der Waals surface area contributed by atoms with Gasteiger partial charge in [0.1, 0.15) is 0 Å². The minimum atomic E-state index is -4.25. The van der Waals surface area contributed by atoms with E-state index in [2.05, 4.69) is 20.8 Å². The number of hydrogen-bond donors (Lipinski definition) is 0. The fraction of sp³-hybridized carbons (Fsp3) is 0.714. The topological polar surface area (TPSA) is 0 Å². The van der Waals surface area contributed by atoms with Crippen molar-refractivity contribution in [1.82, 2.24) is 0 Å². The fourth-order valence-corrected chi connectivity index (χ4v) is 6.99. The first-order chi connectivity index (χ1) is 11.1. The molecule has 4 saturated carbocycles. The highest BCUT2D eigenvalue weighted by molar-refractivity contribution is 5.36. The Hall–Kier alpha value is -0.990. The zero-order valence-electron chi connectivity index (χ0n) is 14.8. The van der Waals surface area contributed by atoms with Gasteiger partial charge in [-0.15, -0.1) is 0 Å². The first kappa shape index (κ1) is 16.5. The highest BCUT2D eigenvalue weighted by Gasteiger charge is 2.62. The van der Waals surface area contributed by atoms with E-state index in [4.69, 9.17) is 0 Å². The predicted molar refractivity (Wildman–Crippen MR) is 89.6 cm³/mol. The molecule has 0 radical (unpaired) electrons. The molecule has 1 aromatic rings. The van der Waals surface area contributed by atoms with Gasteiger partial charge in [0.05, 0.1) is 5.56 Å². The van der Waals surface area contributed by atoms with Crippen molar-refractivity contribution < 1.29 is 13.2 Å². The number of benzene rings is 1. The lowest BCUT2D eigenvalue weighted by molar-refractivity contribution is -0.137. The zero-order chi connectivity index (χ0) is 17.3. The van der Waals surface area contributed by atoms with E-state index in [1.807, 2.05) is 0 Å². The van der Waals surface area contributed by atoms with Gasteiger partial charge in [-0.1, -0.05) is 32.9 Å². The van der Waals surface area contributed by atoms with Crippen LogP contribution in [0.3, 0.4) is 0 Å². The van der Waals surface area contributed by atoms with Crippen LogP contribution in [0.25, 0.3) is 0 Å². The van der Waals surface area contributed by atoms with Crippen molar-refractivity contribution in [2.45, 2.75) is 64.5 Å². The van der Waals surface area contributed by atoms with Gasteiger partial charge >= 0.3 is 6.18 Å². The minimum absolute atomic E-state index is 0.0323. The van der Waals surface area contributed by atoms with Gasteiger partial charge < -0.3 is 0 Å². The summed E-state index contributed by atoms with van der Waals surface area (Å²) in [5, 5.41) is 0. The quantitative estimate of drug-likeness (QED) is 0.553. The standard InChI is InChI=1S/C21H27F3/c1-19(2,3)20(15-4-6-16(7-5-15)21(22,23)24)17-9-13-8-14(11-17)12-18(20)10-13/h4-7,13-14,17-18H,8-12H2,1-3H3. The zero-order valence-corrected chi connectivity index (χ0v) is 14.8. The maximum Gasteiger partial charge on any atom is 0.416 e. The molecule has 4 aliphatic rings. The minimum Gasteiger partial charge on any atom is -0.166 e. The lowest BCUT2D eigenvalue weighted by atomic mass is 9.38. The lowest BCUT2D eigenvalue weighted by Crippen LogP contribution is -2.61. The highest BCUT2D eigenvalue weighted by Crippen LogP contribution is 2.68. The predicted octanol–water partition coefficient (Wildman–Crippen LogP) is 6.45. The summed E-state index contributed by atoms with van der Waals surface area (Å²) in [5.74, 6) is 2.98. The molecule has 4 aliphatic carbocycles. The molecule has 0 spiro atoms. The molecule has 0 nitrogen and oxygen atoms in total. The summed E-state index contributed by atoms with van der Waals surface area (Å²) >= 11 is 0. The SMILES string of the molecule is CC(C)(C)C1(c2ccc(C(F)(F)F)cc2)C2CC3CC(C2)CC1C3. The summed E-state index contributed by atoms with van der Waals surface area (Å²) in [6.45, 7) is 6.90. The first-order valence-corrected chi connectivity index (χ1v) is 9.30. The summed E-state index contributed by atoms with van der Waals surface area (Å²) in [7, 11) is 0. The first-order valence-electron chi connectivity index (χ1n) is 9.30. The average Bonchev–Trinajstić information content (AvgIpc) is 2.44. The van der Waals surface area contributed by atoms with E-state index in [0.29, 0.717) is 11.8 Å². The molecule has 0 aliphatic heterocycles. The van der Waals surface area contributed by atoms with Crippen LogP contribution in [0.5, 0.6) is 0 Å². The Kier molecular flexibility index (Phi) is 3.44. The van der Waals surface area contributed by atoms with Crippen molar-refractivity contribution >= 4 is 0 Å². The Morgan fingerprint density at radius 2 is 1.25 bits per heavy atom. The van der Waals surface area contributed by atoms with Crippen molar-refractivity contribution in [3.8, 4) is 0 Å². The molecular formula is C21H27F3. The Bertz CT molecular complexity index is 590. The van der Waals surface area contributed by atoms with Crippen molar-refractivity contribution in [2.75, 3.05) is 0 Å². The highest BCUT2D eigenvalue weighted by atomic mass is 19.4. The smallest absolute Gasteiger partial charge is 0.166 e. The maximum atomic E-state index is 13.0. The number of alkyl halides is 3. The Morgan fingerprint density at radius 3 is 1.62 bits per heavy atom. The van der Waals surface area contributed by atoms with E-state index in [9.17, 15) is 13.2 Å². The largest absolute Gasteiger partial charge is 0.416 e. The Morgan fingerprint density at radius 1 is 0.792 bits per heavy atom. The molecule has 0 atom stereocenters. The van der Waals surface area contributed by atoms with E-state index in [1.165, 1.54) is 44.2 Å². The van der Waals surface area contributed by atoms with Crippen LogP contribution in [0, 0.1) is 29.1 Å². The summed E-state index contributed by atoms with van der Waals surface area (Å²) < 4.78 is 38.9. The monoisotopic (exact) mass is 336 g/mol. The normalized spacial score (nSPS) is 38.6. The van der Waals surface area contributed by atoms with E-state index in [1.54, 1.807) is 12.1 Å². The molecule has 0 N–H and O–H groups in total. The second-order valence-electron chi connectivity index (χ2n) is 9.50. The van der Waals surface area contributed by atoms with Gasteiger partial charge in [0.25, 0.3) is 0 Å². The molecule has 24 heavy (non-hydrogen) atoms. The van der Waals surface area contributed by atoms with Crippen LogP contribution in [0.15, 0.2) is 24.3 Å². The molecule has 3 heteroatoms. The molecule has 0 aromatic heterocycles. The molecule has 4 bridgehead atoms. The van der Waals surface area contributed by atoms with E-state index < -0.39 is 11.7 Å². The molecule has 132 valence electrons. The van der Waals surface area contributed by atoms with Crippen molar-refractivity contribution in [3.05, 3.63) is 35.4 Å². The number of halogens is 3. The molecular weight excluding hydrogens is 309 g/mol. The molecule has 5 rings (SSSR count). The van der Waals surface area contributed by atoms with Crippen molar-refractivity contribution in [2.24, 2.45) is 29.1 Å². The van der Waals surface area contributed by atoms with E-state index >= 15 is 0 Å². The van der Waals surface area contributed by atoms with Crippen molar-refractivity contribution in [3.63, 3.8) is 0 Å². The molecule has 0 saturated heterocycles. The van der Waals surface area contributed by atoms with Gasteiger partial charge in [0.15, 0.2) is 0 Å².